The van der Waals surface area contributed by atoms with E-state index in [2.05, 4.69) is 26.8 Å². The van der Waals surface area contributed by atoms with Gasteiger partial charge >= 0.3 is 0 Å². The van der Waals surface area contributed by atoms with Crippen molar-refractivity contribution in [3.8, 4) is 0 Å². The van der Waals surface area contributed by atoms with Gasteiger partial charge in [-0.1, -0.05) is 31.6 Å². The van der Waals surface area contributed by atoms with Crippen LogP contribution in [-0.4, -0.2) is 6.29 Å². The molecule has 0 spiro atoms. The second kappa shape index (κ2) is 5.29. The van der Waals surface area contributed by atoms with Crippen LogP contribution in [0.1, 0.15) is 47.0 Å². The van der Waals surface area contributed by atoms with E-state index in [4.69, 9.17) is 0 Å². The first-order valence-corrected chi connectivity index (χ1v) is 5.98. The lowest BCUT2D eigenvalue weighted by molar-refractivity contribution is -0.104. The molecule has 0 N–H and O–H groups in total. The molecule has 1 aliphatic rings. The zero-order valence-corrected chi connectivity index (χ0v) is 10.8. The molecule has 0 aromatic carbocycles. The summed E-state index contributed by atoms with van der Waals surface area (Å²) < 4.78 is 0. The van der Waals surface area contributed by atoms with E-state index in [-0.39, 0.29) is 5.41 Å². The van der Waals surface area contributed by atoms with Gasteiger partial charge in [0.05, 0.1) is 0 Å². The SMILES string of the molecule is CC1=C(/C=C/C(C)=C/C=O)C(C)(C)CCC1. The molecule has 1 rings (SSSR count). The highest BCUT2D eigenvalue weighted by molar-refractivity contribution is 5.67. The van der Waals surface area contributed by atoms with Crippen LogP contribution in [0.15, 0.2) is 34.9 Å². The zero-order valence-electron chi connectivity index (χ0n) is 10.8. The van der Waals surface area contributed by atoms with Crippen LogP contribution in [0.3, 0.4) is 0 Å². The van der Waals surface area contributed by atoms with Crippen LogP contribution < -0.4 is 0 Å². The monoisotopic (exact) mass is 218 g/mol. The molecule has 0 atom stereocenters. The Morgan fingerprint density at radius 1 is 1.38 bits per heavy atom. The maximum Gasteiger partial charge on any atom is 0.143 e. The summed E-state index contributed by atoms with van der Waals surface area (Å²) >= 11 is 0. The summed E-state index contributed by atoms with van der Waals surface area (Å²) in [6.07, 6.45) is 10.4. The first-order chi connectivity index (χ1) is 7.47. The second-order valence-electron chi connectivity index (χ2n) is 5.31. The lowest BCUT2D eigenvalue weighted by Gasteiger charge is -2.32. The minimum absolute atomic E-state index is 0.278. The fourth-order valence-corrected chi connectivity index (χ4v) is 2.39. The van der Waals surface area contributed by atoms with Gasteiger partial charge in [0.15, 0.2) is 0 Å². The first-order valence-electron chi connectivity index (χ1n) is 5.98. The minimum atomic E-state index is 0.278. The largest absolute Gasteiger partial charge is 0.299 e. The van der Waals surface area contributed by atoms with Crippen molar-refractivity contribution in [2.45, 2.75) is 47.0 Å². The Morgan fingerprint density at radius 3 is 2.62 bits per heavy atom. The summed E-state index contributed by atoms with van der Waals surface area (Å²) in [5.41, 5.74) is 4.22. The number of allylic oxidation sites excluding steroid dienone is 6. The molecular weight excluding hydrogens is 196 g/mol. The van der Waals surface area contributed by atoms with Gasteiger partial charge < -0.3 is 0 Å². The predicted octanol–water partition coefficient (Wildman–Crippen LogP) is 4.21. The molecule has 0 fully saturated rings. The number of rotatable bonds is 3. The third-order valence-corrected chi connectivity index (χ3v) is 3.39. The molecule has 1 heteroatoms. The van der Waals surface area contributed by atoms with Gasteiger partial charge in [0.25, 0.3) is 0 Å². The van der Waals surface area contributed by atoms with Crippen molar-refractivity contribution < 1.29 is 4.79 Å². The second-order valence-corrected chi connectivity index (χ2v) is 5.31. The molecule has 0 saturated heterocycles. The van der Waals surface area contributed by atoms with Crippen LogP contribution >= 0.6 is 0 Å². The standard InChI is InChI=1S/C15H22O/c1-12(9-11-16)7-8-14-13(2)6-5-10-15(14,3)4/h7-9,11H,5-6,10H2,1-4H3/b8-7+,12-9+. The number of hydrogen-bond acceptors (Lipinski definition) is 1. The maximum absolute atomic E-state index is 10.3. The number of aldehydes is 1. The molecule has 0 saturated carbocycles. The van der Waals surface area contributed by atoms with Crippen LogP contribution in [0.25, 0.3) is 0 Å². The molecule has 1 aliphatic carbocycles. The Morgan fingerprint density at radius 2 is 2.06 bits per heavy atom. The Labute approximate surface area is 98.9 Å². The van der Waals surface area contributed by atoms with Crippen molar-refractivity contribution in [2.24, 2.45) is 5.41 Å². The Bertz CT molecular complexity index is 354. The van der Waals surface area contributed by atoms with Crippen LogP contribution in [0, 0.1) is 5.41 Å². The fraction of sp³-hybridized carbons (Fsp3) is 0.533. The van der Waals surface area contributed by atoms with Crippen molar-refractivity contribution in [3.63, 3.8) is 0 Å². The van der Waals surface area contributed by atoms with E-state index in [0.29, 0.717) is 0 Å². The van der Waals surface area contributed by atoms with Crippen LogP contribution in [-0.2, 0) is 4.79 Å². The Hall–Kier alpha value is -1.11. The van der Waals surface area contributed by atoms with Gasteiger partial charge in [-0.15, -0.1) is 0 Å². The fourth-order valence-electron chi connectivity index (χ4n) is 2.39. The number of carbonyl (C=O) groups is 1. The van der Waals surface area contributed by atoms with Crippen LogP contribution in [0.4, 0.5) is 0 Å². The Kier molecular flexibility index (Phi) is 4.28. The summed E-state index contributed by atoms with van der Waals surface area (Å²) in [6.45, 7) is 8.78. The molecule has 0 bridgehead atoms. The van der Waals surface area contributed by atoms with Crippen molar-refractivity contribution in [3.05, 3.63) is 34.9 Å². The maximum atomic E-state index is 10.3. The summed E-state index contributed by atoms with van der Waals surface area (Å²) in [6, 6.07) is 0. The summed E-state index contributed by atoms with van der Waals surface area (Å²) in [5, 5.41) is 0. The summed E-state index contributed by atoms with van der Waals surface area (Å²) in [5.74, 6) is 0. The summed E-state index contributed by atoms with van der Waals surface area (Å²) in [4.78, 5) is 10.3. The molecule has 1 nitrogen and oxygen atoms in total. The molecule has 0 amide bonds. The van der Waals surface area contributed by atoms with Gasteiger partial charge in [0.1, 0.15) is 6.29 Å². The van der Waals surface area contributed by atoms with Gasteiger partial charge in [-0.2, -0.15) is 0 Å². The highest BCUT2D eigenvalue weighted by atomic mass is 16.1. The highest BCUT2D eigenvalue weighted by Gasteiger charge is 2.26. The lowest BCUT2D eigenvalue weighted by atomic mass is 9.72. The average molecular weight is 218 g/mol. The van der Waals surface area contributed by atoms with E-state index >= 15 is 0 Å². The average Bonchev–Trinajstić information content (AvgIpc) is 2.16. The molecule has 16 heavy (non-hydrogen) atoms. The van der Waals surface area contributed by atoms with Crippen molar-refractivity contribution in [1.82, 2.24) is 0 Å². The van der Waals surface area contributed by atoms with Crippen LogP contribution in [0.2, 0.25) is 0 Å². The smallest absolute Gasteiger partial charge is 0.143 e. The van der Waals surface area contributed by atoms with E-state index in [0.717, 1.165) is 11.9 Å². The summed E-state index contributed by atoms with van der Waals surface area (Å²) in [7, 11) is 0. The minimum Gasteiger partial charge on any atom is -0.299 e. The van der Waals surface area contributed by atoms with Crippen LogP contribution in [0.5, 0.6) is 0 Å². The quantitative estimate of drug-likeness (QED) is 0.394. The van der Waals surface area contributed by atoms with Gasteiger partial charge in [-0.3, -0.25) is 4.79 Å². The van der Waals surface area contributed by atoms with E-state index in [1.165, 1.54) is 30.4 Å². The highest BCUT2D eigenvalue weighted by Crippen LogP contribution is 2.40. The molecule has 88 valence electrons. The molecule has 0 aromatic heterocycles. The van der Waals surface area contributed by atoms with Gasteiger partial charge in [0, 0.05) is 0 Å². The van der Waals surface area contributed by atoms with Gasteiger partial charge in [-0.05, 0) is 55.7 Å². The van der Waals surface area contributed by atoms with E-state index in [9.17, 15) is 4.79 Å². The Balaban J connectivity index is 2.93. The molecule has 0 aliphatic heterocycles. The molecule has 0 heterocycles. The van der Waals surface area contributed by atoms with Gasteiger partial charge in [0.2, 0.25) is 0 Å². The van der Waals surface area contributed by atoms with Crippen molar-refractivity contribution in [2.75, 3.05) is 0 Å². The first kappa shape index (κ1) is 13.0. The van der Waals surface area contributed by atoms with E-state index in [1.54, 1.807) is 6.08 Å². The lowest BCUT2D eigenvalue weighted by Crippen LogP contribution is -2.19. The molecule has 0 aromatic rings. The molecular formula is C15H22O. The molecule has 0 unspecified atom stereocenters. The molecule has 0 radical (unpaired) electrons. The third-order valence-electron chi connectivity index (χ3n) is 3.39. The predicted molar refractivity (Wildman–Crippen MR) is 69.3 cm³/mol. The zero-order chi connectivity index (χ0) is 12.2. The van der Waals surface area contributed by atoms with E-state index in [1.807, 2.05) is 13.0 Å². The third kappa shape index (κ3) is 3.19. The van der Waals surface area contributed by atoms with Crippen molar-refractivity contribution >= 4 is 6.29 Å². The van der Waals surface area contributed by atoms with E-state index < -0.39 is 0 Å². The van der Waals surface area contributed by atoms with Gasteiger partial charge in [-0.25, -0.2) is 0 Å². The van der Waals surface area contributed by atoms with Crippen molar-refractivity contribution in [1.29, 1.82) is 0 Å². The topological polar surface area (TPSA) is 17.1 Å². The normalized spacial score (nSPS) is 21.6. The number of hydrogen-bond donors (Lipinski definition) is 0. The number of carbonyl (C=O) groups excluding carboxylic acids is 1.